The smallest absolute Gasteiger partial charge is 0.191 e. The van der Waals surface area contributed by atoms with Gasteiger partial charge in [0.05, 0.1) is 12.6 Å². The van der Waals surface area contributed by atoms with Crippen molar-refractivity contribution in [1.29, 1.82) is 0 Å². The Kier molecular flexibility index (Phi) is 4.38. The fourth-order valence-electron chi connectivity index (χ4n) is 1.73. The minimum atomic E-state index is 0.0550. The van der Waals surface area contributed by atoms with Crippen LogP contribution in [0.5, 0.6) is 0 Å². The van der Waals surface area contributed by atoms with E-state index < -0.39 is 0 Å². The molecule has 1 unspecified atom stereocenters. The Labute approximate surface area is 106 Å². The van der Waals surface area contributed by atoms with E-state index in [1.54, 1.807) is 7.11 Å². The molecule has 6 heteroatoms. The van der Waals surface area contributed by atoms with Gasteiger partial charge < -0.3 is 10.1 Å². The summed E-state index contributed by atoms with van der Waals surface area (Å²) in [7, 11) is 1.70. The van der Waals surface area contributed by atoms with Gasteiger partial charge in [0.15, 0.2) is 5.82 Å². The molecule has 0 saturated carbocycles. The van der Waals surface area contributed by atoms with E-state index >= 15 is 0 Å². The Morgan fingerprint density at radius 3 is 2.78 bits per heavy atom. The number of aromatic nitrogens is 4. The van der Waals surface area contributed by atoms with E-state index in [0.717, 1.165) is 6.54 Å². The number of rotatable bonds is 6. The Bertz CT molecular complexity index is 471. The average Bonchev–Trinajstić information content (AvgIpc) is 2.92. The molecule has 0 spiro atoms. The standard InChI is InChI=1S/C12H17N5O/c1-9(12-14-16-17-15-12)13-7-10-5-3-4-6-11(10)8-18-2/h3-6,9,13H,7-8H2,1-2H3,(H,14,15,16,17). The Morgan fingerprint density at radius 1 is 1.33 bits per heavy atom. The number of ether oxygens (including phenoxy) is 1. The normalized spacial score (nSPS) is 12.6. The molecule has 0 radical (unpaired) electrons. The lowest BCUT2D eigenvalue weighted by Gasteiger charge is -2.12. The largest absolute Gasteiger partial charge is 0.380 e. The molecule has 0 amide bonds. The van der Waals surface area contributed by atoms with E-state index in [-0.39, 0.29) is 6.04 Å². The first kappa shape index (κ1) is 12.7. The molecule has 1 aromatic heterocycles. The molecule has 18 heavy (non-hydrogen) atoms. The molecular weight excluding hydrogens is 230 g/mol. The highest BCUT2D eigenvalue weighted by Gasteiger charge is 2.10. The lowest BCUT2D eigenvalue weighted by molar-refractivity contribution is 0.184. The first-order valence-electron chi connectivity index (χ1n) is 5.83. The van der Waals surface area contributed by atoms with Gasteiger partial charge in [-0.1, -0.05) is 29.5 Å². The summed E-state index contributed by atoms with van der Waals surface area (Å²) in [5.41, 5.74) is 2.41. The molecule has 2 rings (SSSR count). The van der Waals surface area contributed by atoms with Gasteiger partial charge in [-0.3, -0.25) is 0 Å². The van der Waals surface area contributed by atoms with Crippen molar-refractivity contribution in [3.8, 4) is 0 Å². The number of nitrogens with one attached hydrogen (secondary N) is 2. The Balaban J connectivity index is 1.97. The van der Waals surface area contributed by atoms with Crippen LogP contribution in [-0.2, 0) is 17.9 Å². The molecule has 2 aromatic rings. The van der Waals surface area contributed by atoms with Crippen molar-refractivity contribution < 1.29 is 4.74 Å². The van der Waals surface area contributed by atoms with E-state index in [1.165, 1.54) is 11.1 Å². The summed E-state index contributed by atoms with van der Waals surface area (Å²) in [5.74, 6) is 0.666. The number of methoxy groups -OCH3 is 1. The third-order valence-electron chi connectivity index (χ3n) is 2.77. The lowest BCUT2D eigenvalue weighted by atomic mass is 10.1. The van der Waals surface area contributed by atoms with Gasteiger partial charge in [0.1, 0.15) is 0 Å². The molecule has 0 bridgehead atoms. The van der Waals surface area contributed by atoms with E-state index in [2.05, 4.69) is 38.1 Å². The Hall–Kier alpha value is -1.79. The summed E-state index contributed by atoms with van der Waals surface area (Å²) in [6.45, 7) is 3.37. The summed E-state index contributed by atoms with van der Waals surface area (Å²) >= 11 is 0. The highest BCUT2D eigenvalue weighted by molar-refractivity contribution is 5.26. The van der Waals surface area contributed by atoms with Crippen LogP contribution in [0.3, 0.4) is 0 Å². The second-order valence-corrected chi connectivity index (χ2v) is 4.07. The average molecular weight is 247 g/mol. The number of nitrogens with zero attached hydrogens (tertiary/aromatic N) is 3. The van der Waals surface area contributed by atoms with E-state index in [4.69, 9.17) is 4.74 Å². The molecule has 2 N–H and O–H groups in total. The molecule has 0 aliphatic heterocycles. The molecule has 0 saturated heterocycles. The quantitative estimate of drug-likeness (QED) is 0.802. The van der Waals surface area contributed by atoms with Crippen LogP contribution in [0.2, 0.25) is 0 Å². The van der Waals surface area contributed by atoms with Crippen LogP contribution in [0.4, 0.5) is 0 Å². The van der Waals surface area contributed by atoms with Crippen molar-refractivity contribution in [3.63, 3.8) is 0 Å². The maximum Gasteiger partial charge on any atom is 0.191 e. The third kappa shape index (κ3) is 3.12. The second-order valence-electron chi connectivity index (χ2n) is 4.07. The van der Waals surface area contributed by atoms with Crippen LogP contribution in [-0.4, -0.2) is 27.7 Å². The summed E-state index contributed by atoms with van der Waals surface area (Å²) in [5, 5.41) is 17.3. The lowest BCUT2D eigenvalue weighted by Crippen LogP contribution is -2.20. The van der Waals surface area contributed by atoms with Gasteiger partial charge in [-0.2, -0.15) is 5.21 Å². The molecule has 0 fully saturated rings. The molecular formula is C12H17N5O. The first-order chi connectivity index (χ1) is 8.81. The van der Waals surface area contributed by atoms with Crippen molar-refractivity contribution in [2.45, 2.75) is 26.1 Å². The number of tetrazole rings is 1. The van der Waals surface area contributed by atoms with Crippen LogP contribution < -0.4 is 5.32 Å². The summed E-state index contributed by atoms with van der Waals surface area (Å²) in [4.78, 5) is 0. The minimum Gasteiger partial charge on any atom is -0.380 e. The van der Waals surface area contributed by atoms with Crippen LogP contribution in [0.25, 0.3) is 0 Å². The number of H-pyrrole nitrogens is 1. The van der Waals surface area contributed by atoms with Crippen molar-refractivity contribution >= 4 is 0 Å². The fourth-order valence-corrected chi connectivity index (χ4v) is 1.73. The maximum absolute atomic E-state index is 5.18. The van der Waals surface area contributed by atoms with Gasteiger partial charge in [-0.05, 0) is 18.1 Å². The fraction of sp³-hybridized carbons (Fsp3) is 0.417. The van der Waals surface area contributed by atoms with E-state index in [0.29, 0.717) is 12.4 Å². The zero-order valence-electron chi connectivity index (χ0n) is 10.6. The zero-order chi connectivity index (χ0) is 12.8. The van der Waals surface area contributed by atoms with Gasteiger partial charge in [0.2, 0.25) is 0 Å². The van der Waals surface area contributed by atoms with E-state index in [9.17, 15) is 0 Å². The Morgan fingerprint density at radius 2 is 2.11 bits per heavy atom. The number of aromatic amines is 1. The topological polar surface area (TPSA) is 75.7 Å². The second kappa shape index (κ2) is 6.23. The maximum atomic E-state index is 5.18. The molecule has 96 valence electrons. The van der Waals surface area contributed by atoms with Gasteiger partial charge in [-0.25, -0.2) is 0 Å². The van der Waals surface area contributed by atoms with Gasteiger partial charge in [0.25, 0.3) is 0 Å². The number of hydrogen-bond donors (Lipinski definition) is 2. The predicted octanol–water partition coefficient (Wildman–Crippen LogP) is 1.20. The first-order valence-corrected chi connectivity index (χ1v) is 5.83. The van der Waals surface area contributed by atoms with Crippen LogP contribution in [0.15, 0.2) is 24.3 Å². The summed E-state index contributed by atoms with van der Waals surface area (Å²) in [6.07, 6.45) is 0. The number of benzene rings is 1. The highest BCUT2D eigenvalue weighted by Crippen LogP contribution is 2.12. The summed E-state index contributed by atoms with van der Waals surface area (Å²) in [6, 6.07) is 8.25. The van der Waals surface area contributed by atoms with Gasteiger partial charge in [-0.15, -0.1) is 10.2 Å². The summed E-state index contributed by atoms with van der Waals surface area (Å²) < 4.78 is 5.18. The molecule has 0 aliphatic carbocycles. The highest BCUT2D eigenvalue weighted by atomic mass is 16.5. The number of hydrogen-bond acceptors (Lipinski definition) is 5. The monoisotopic (exact) mass is 247 g/mol. The van der Waals surface area contributed by atoms with E-state index in [1.807, 2.05) is 19.1 Å². The molecule has 0 aliphatic rings. The molecule has 1 aromatic carbocycles. The molecule has 1 atom stereocenters. The van der Waals surface area contributed by atoms with Crippen molar-refractivity contribution in [2.24, 2.45) is 0 Å². The SMILES string of the molecule is COCc1ccccc1CNC(C)c1nn[nH]n1. The molecule has 1 heterocycles. The predicted molar refractivity (Wildman–Crippen MR) is 66.6 cm³/mol. The van der Waals surface area contributed by atoms with Crippen molar-refractivity contribution in [3.05, 3.63) is 41.2 Å². The van der Waals surface area contributed by atoms with Crippen molar-refractivity contribution in [1.82, 2.24) is 25.9 Å². The van der Waals surface area contributed by atoms with Gasteiger partial charge >= 0.3 is 0 Å². The van der Waals surface area contributed by atoms with Crippen LogP contribution in [0.1, 0.15) is 29.9 Å². The molecule has 6 nitrogen and oxygen atoms in total. The van der Waals surface area contributed by atoms with Crippen LogP contribution in [0, 0.1) is 0 Å². The zero-order valence-corrected chi connectivity index (χ0v) is 10.6. The van der Waals surface area contributed by atoms with Gasteiger partial charge in [0, 0.05) is 13.7 Å². The minimum absolute atomic E-state index is 0.0550. The van der Waals surface area contributed by atoms with Crippen molar-refractivity contribution in [2.75, 3.05) is 7.11 Å². The van der Waals surface area contributed by atoms with Crippen LogP contribution >= 0.6 is 0 Å². The third-order valence-corrected chi connectivity index (χ3v) is 2.77.